The molecule has 0 fully saturated rings. The third kappa shape index (κ3) is 2.74. The summed E-state index contributed by atoms with van der Waals surface area (Å²) in [5.41, 5.74) is 2.37. The van der Waals surface area contributed by atoms with Gasteiger partial charge in [0, 0.05) is 11.8 Å². The van der Waals surface area contributed by atoms with E-state index in [4.69, 9.17) is 16.3 Å². The molecule has 0 unspecified atom stereocenters. The summed E-state index contributed by atoms with van der Waals surface area (Å²) in [7, 11) is 0. The van der Waals surface area contributed by atoms with Gasteiger partial charge < -0.3 is 4.74 Å². The standard InChI is InChI=1S/C15H9BrClFN2O/c16-10-5-11(17)12(18)6-14(10)21-15-9(7-19)4-8-2-1-3-13(8)20-15/h4-6H,1-3H2. The lowest BCUT2D eigenvalue weighted by Crippen LogP contribution is -1.98. The van der Waals surface area contributed by atoms with Gasteiger partial charge in [-0.2, -0.15) is 5.26 Å². The molecule has 2 aromatic rings. The van der Waals surface area contributed by atoms with Gasteiger partial charge >= 0.3 is 0 Å². The number of aromatic nitrogens is 1. The first-order valence-electron chi connectivity index (χ1n) is 6.34. The van der Waals surface area contributed by atoms with Crippen LogP contribution in [-0.2, 0) is 12.8 Å². The Balaban J connectivity index is 2.02. The van der Waals surface area contributed by atoms with E-state index in [0.717, 1.165) is 30.5 Å². The maximum Gasteiger partial charge on any atom is 0.237 e. The Morgan fingerprint density at radius 1 is 1.33 bits per heavy atom. The summed E-state index contributed by atoms with van der Waals surface area (Å²) in [6.45, 7) is 0. The van der Waals surface area contributed by atoms with E-state index in [1.54, 1.807) is 6.07 Å². The summed E-state index contributed by atoms with van der Waals surface area (Å²) in [6, 6.07) is 6.44. The maximum absolute atomic E-state index is 13.5. The highest BCUT2D eigenvalue weighted by Gasteiger charge is 2.19. The predicted molar refractivity (Wildman–Crippen MR) is 80.2 cm³/mol. The fourth-order valence-corrected chi connectivity index (χ4v) is 3.02. The molecule has 0 aliphatic heterocycles. The van der Waals surface area contributed by atoms with Crippen LogP contribution in [0.2, 0.25) is 5.02 Å². The number of rotatable bonds is 2. The van der Waals surface area contributed by atoms with E-state index in [1.807, 2.05) is 0 Å². The SMILES string of the molecule is N#Cc1cc2c(nc1Oc1cc(F)c(Cl)cc1Br)CCC2. The number of nitrogens with zero attached hydrogens (tertiary/aromatic N) is 2. The average molecular weight is 368 g/mol. The van der Waals surface area contributed by atoms with Gasteiger partial charge in [0.1, 0.15) is 23.2 Å². The number of benzene rings is 1. The Morgan fingerprint density at radius 3 is 2.90 bits per heavy atom. The van der Waals surface area contributed by atoms with Crippen molar-refractivity contribution in [3.8, 4) is 17.7 Å². The molecule has 3 nitrogen and oxygen atoms in total. The fraction of sp³-hybridized carbons (Fsp3) is 0.200. The van der Waals surface area contributed by atoms with Gasteiger partial charge in [0.25, 0.3) is 0 Å². The molecule has 1 aliphatic carbocycles. The smallest absolute Gasteiger partial charge is 0.237 e. The molecule has 0 amide bonds. The van der Waals surface area contributed by atoms with E-state index >= 15 is 0 Å². The molecule has 106 valence electrons. The highest BCUT2D eigenvalue weighted by molar-refractivity contribution is 9.10. The number of fused-ring (bicyclic) bond motifs is 1. The quantitative estimate of drug-likeness (QED) is 0.717. The first-order chi connectivity index (χ1) is 10.1. The molecule has 3 rings (SSSR count). The van der Waals surface area contributed by atoms with Crippen molar-refractivity contribution in [1.29, 1.82) is 5.26 Å². The fourth-order valence-electron chi connectivity index (χ4n) is 2.30. The number of nitriles is 1. The second kappa shape index (κ2) is 5.63. The summed E-state index contributed by atoms with van der Waals surface area (Å²) in [5, 5.41) is 9.22. The Labute approximate surface area is 134 Å². The van der Waals surface area contributed by atoms with Gasteiger partial charge in [-0.15, -0.1) is 0 Å². The number of halogens is 3. The molecule has 21 heavy (non-hydrogen) atoms. The third-order valence-corrected chi connectivity index (χ3v) is 4.23. The Bertz CT molecular complexity index is 773. The summed E-state index contributed by atoms with van der Waals surface area (Å²) in [5.74, 6) is -0.158. The number of pyridine rings is 1. The Hall–Kier alpha value is -1.64. The zero-order valence-corrected chi connectivity index (χ0v) is 13.1. The van der Waals surface area contributed by atoms with E-state index in [-0.39, 0.29) is 16.7 Å². The van der Waals surface area contributed by atoms with Gasteiger partial charge in [-0.05, 0) is 52.9 Å². The lowest BCUT2D eigenvalue weighted by molar-refractivity contribution is 0.452. The van der Waals surface area contributed by atoms with Crippen LogP contribution in [0.25, 0.3) is 0 Å². The Kier molecular flexibility index (Phi) is 3.83. The van der Waals surface area contributed by atoms with E-state index < -0.39 is 5.82 Å². The lowest BCUT2D eigenvalue weighted by Gasteiger charge is -2.10. The van der Waals surface area contributed by atoms with Gasteiger partial charge in [0.2, 0.25) is 5.88 Å². The van der Waals surface area contributed by atoms with Crippen LogP contribution in [0.3, 0.4) is 0 Å². The molecule has 1 aromatic carbocycles. The molecule has 1 aromatic heterocycles. The topological polar surface area (TPSA) is 45.9 Å². The van der Waals surface area contributed by atoms with Crippen LogP contribution in [0.1, 0.15) is 23.2 Å². The van der Waals surface area contributed by atoms with Gasteiger partial charge in [0.05, 0.1) is 9.50 Å². The van der Waals surface area contributed by atoms with Crippen LogP contribution in [0, 0.1) is 17.1 Å². The van der Waals surface area contributed by atoms with Crippen LogP contribution < -0.4 is 4.74 Å². The lowest BCUT2D eigenvalue weighted by atomic mass is 10.1. The number of aryl methyl sites for hydroxylation is 2. The van der Waals surface area contributed by atoms with Crippen molar-refractivity contribution in [3.05, 3.63) is 50.3 Å². The molecule has 6 heteroatoms. The molecule has 0 radical (unpaired) electrons. The van der Waals surface area contributed by atoms with Crippen molar-refractivity contribution in [2.75, 3.05) is 0 Å². The van der Waals surface area contributed by atoms with Crippen LogP contribution in [0.4, 0.5) is 4.39 Å². The van der Waals surface area contributed by atoms with E-state index in [1.165, 1.54) is 12.1 Å². The summed E-state index contributed by atoms with van der Waals surface area (Å²) < 4.78 is 19.7. The maximum atomic E-state index is 13.5. The van der Waals surface area contributed by atoms with Crippen LogP contribution >= 0.6 is 27.5 Å². The summed E-state index contributed by atoms with van der Waals surface area (Å²) in [6.07, 6.45) is 2.82. The first kappa shape index (κ1) is 14.3. The largest absolute Gasteiger partial charge is 0.436 e. The second-order valence-electron chi connectivity index (χ2n) is 4.71. The predicted octanol–water partition coefficient (Wildman–Crippen LogP) is 4.79. The second-order valence-corrected chi connectivity index (χ2v) is 5.97. The molecule has 0 spiro atoms. The summed E-state index contributed by atoms with van der Waals surface area (Å²) in [4.78, 5) is 4.39. The first-order valence-corrected chi connectivity index (χ1v) is 7.51. The highest BCUT2D eigenvalue weighted by atomic mass is 79.9. The van der Waals surface area contributed by atoms with Gasteiger partial charge in [0.15, 0.2) is 0 Å². The van der Waals surface area contributed by atoms with Crippen molar-refractivity contribution >= 4 is 27.5 Å². The van der Waals surface area contributed by atoms with Crippen molar-refractivity contribution < 1.29 is 9.13 Å². The molecule has 0 bridgehead atoms. The molecule has 0 saturated carbocycles. The zero-order valence-electron chi connectivity index (χ0n) is 10.8. The normalized spacial score (nSPS) is 12.9. The van der Waals surface area contributed by atoms with Crippen molar-refractivity contribution in [2.24, 2.45) is 0 Å². The molecule has 1 aliphatic rings. The van der Waals surface area contributed by atoms with Crippen LogP contribution in [0.15, 0.2) is 22.7 Å². The van der Waals surface area contributed by atoms with Gasteiger partial charge in [-0.3, -0.25) is 0 Å². The average Bonchev–Trinajstić information content (AvgIpc) is 2.91. The number of ether oxygens (including phenoxy) is 1. The molecule has 0 N–H and O–H groups in total. The minimum Gasteiger partial charge on any atom is -0.436 e. The van der Waals surface area contributed by atoms with Crippen molar-refractivity contribution in [2.45, 2.75) is 19.3 Å². The van der Waals surface area contributed by atoms with E-state index in [0.29, 0.717) is 10.0 Å². The molecule has 0 atom stereocenters. The highest BCUT2D eigenvalue weighted by Crippen LogP contribution is 2.35. The third-order valence-electron chi connectivity index (χ3n) is 3.32. The number of hydrogen-bond acceptors (Lipinski definition) is 3. The van der Waals surface area contributed by atoms with Crippen LogP contribution in [0.5, 0.6) is 11.6 Å². The Morgan fingerprint density at radius 2 is 2.14 bits per heavy atom. The van der Waals surface area contributed by atoms with Crippen LogP contribution in [-0.4, -0.2) is 4.98 Å². The molecular formula is C15H9BrClFN2O. The minimum atomic E-state index is -0.588. The van der Waals surface area contributed by atoms with Crippen molar-refractivity contribution in [1.82, 2.24) is 4.98 Å². The number of hydrogen-bond donors (Lipinski definition) is 0. The van der Waals surface area contributed by atoms with E-state index in [2.05, 4.69) is 27.0 Å². The molecular weight excluding hydrogens is 359 g/mol. The molecule has 0 saturated heterocycles. The van der Waals surface area contributed by atoms with Gasteiger partial charge in [-0.25, -0.2) is 9.37 Å². The summed E-state index contributed by atoms with van der Waals surface area (Å²) >= 11 is 8.96. The minimum absolute atomic E-state index is 0.00311. The monoisotopic (exact) mass is 366 g/mol. The van der Waals surface area contributed by atoms with Crippen molar-refractivity contribution in [3.63, 3.8) is 0 Å². The zero-order chi connectivity index (χ0) is 15.0. The van der Waals surface area contributed by atoms with E-state index in [9.17, 15) is 9.65 Å². The van der Waals surface area contributed by atoms with Gasteiger partial charge in [-0.1, -0.05) is 11.6 Å². The molecule has 1 heterocycles.